The lowest BCUT2D eigenvalue weighted by Crippen LogP contribution is -2.49. The van der Waals surface area contributed by atoms with Crippen LogP contribution in [0.15, 0.2) is 0 Å². The third-order valence-electron chi connectivity index (χ3n) is 3.46. The molecule has 6 nitrogen and oxygen atoms in total. The first kappa shape index (κ1) is 15.9. The average molecular weight is 273 g/mol. The van der Waals surface area contributed by atoms with Crippen LogP contribution in [-0.4, -0.2) is 49.5 Å². The zero-order valence-electron chi connectivity index (χ0n) is 12.0. The van der Waals surface area contributed by atoms with Gasteiger partial charge in [-0.1, -0.05) is 20.8 Å². The van der Waals surface area contributed by atoms with E-state index < -0.39 is 28.8 Å². The van der Waals surface area contributed by atoms with E-state index in [1.807, 2.05) is 0 Å². The topological polar surface area (TPSA) is 84.9 Å². The number of hydrogen-bond acceptors (Lipinski definition) is 4. The number of ether oxygens (including phenoxy) is 2. The van der Waals surface area contributed by atoms with Gasteiger partial charge in [0.1, 0.15) is 11.5 Å². The molecule has 0 radical (unpaired) electrons. The molecule has 1 saturated heterocycles. The van der Waals surface area contributed by atoms with E-state index in [1.54, 1.807) is 27.9 Å². The van der Waals surface area contributed by atoms with Crippen molar-refractivity contribution in [2.75, 3.05) is 26.9 Å². The van der Waals surface area contributed by atoms with E-state index in [2.05, 4.69) is 5.32 Å². The second kappa shape index (κ2) is 5.88. The second-order valence-electron chi connectivity index (χ2n) is 6.04. The van der Waals surface area contributed by atoms with Gasteiger partial charge in [-0.2, -0.15) is 0 Å². The zero-order valence-corrected chi connectivity index (χ0v) is 12.0. The Bertz CT molecular complexity index is 341. The highest BCUT2D eigenvalue weighted by Crippen LogP contribution is 2.27. The quantitative estimate of drug-likeness (QED) is 0.719. The van der Waals surface area contributed by atoms with Crippen LogP contribution in [0.5, 0.6) is 0 Å². The fourth-order valence-electron chi connectivity index (χ4n) is 2.19. The summed E-state index contributed by atoms with van der Waals surface area (Å²) in [6, 6.07) is 0. The standard InChI is InChI=1S/C13H23NO5/c1-12(2,3)9(11(16)17)10(15)14-7-13(18-4)5-6-19-8-13/h9H,5-8H2,1-4H3,(H,14,15)(H,16,17). The molecule has 2 unspecified atom stereocenters. The van der Waals surface area contributed by atoms with E-state index in [0.717, 1.165) is 0 Å². The number of amides is 1. The Morgan fingerprint density at radius 1 is 1.47 bits per heavy atom. The van der Waals surface area contributed by atoms with Crippen molar-refractivity contribution < 1.29 is 24.2 Å². The normalized spacial score (nSPS) is 25.1. The minimum atomic E-state index is -1.11. The summed E-state index contributed by atoms with van der Waals surface area (Å²) in [5.41, 5.74) is -1.17. The van der Waals surface area contributed by atoms with Gasteiger partial charge in [-0.3, -0.25) is 9.59 Å². The van der Waals surface area contributed by atoms with Gasteiger partial charge in [0.05, 0.1) is 6.61 Å². The number of carboxylic acids is 1. The van der Waals surface area contributed by atoms with Crippen LogP contribution < -0.4 is 5.32 Å². The van der Waals surface area contributed by atoms with Crippen LogP contribution >= 0.6 is 0 Å². The molecule has 1 amide bonds. The first-order valence-electron chi connectivity index (χ1n) is 6.35. The van der Waals surface area contributed by atoms with Crippen molar-refractivity contribution in [2.45, 2.75) is 32.8 Å². The third-order valence-corrected chi connectivity index (χ3v) is 3.46. The molecular weight excluding hydrogens is 250 g/mol. The molecule has 110 valence electrons. The van der Waals surface area contributed by atoms with Crippen molar-refractivity contribution in [1.82, 2.24) is 5.32 Å². The van der Waals surface area contributed by atoms with Gasteiger partial charge in [-0.15, -0.1) is 0 Å². The Hall–Kier alpha value is -1.14. The summed E-state index contributed by atoms with van der Waals surface area (Å²) in [4.78, 5) is 23.3. The van der Waals surface area contributed by atoms with Gasteiger partial charge in [0, 0.05) is 26.7 Å². The first-order chi connectivity index (χ1) is 8.72. The average Bonchev–Trinajstić information content (AvgIpc) is 2.73. The number of rotatable bonds is 5. The number of hydrogen-bond donors (Lipinski definition) is 2. The minimum absolute atomic E-state index is 0.266. The van der Waals surface area contributed by atoms with Gasteiger partial charge < -0.3 is 19.9 Å². The summed E-state index contributed by atoms with van der Waals surface area (Å²) in [7, 11) is 1.57. The molecule has 2 N–H and O–H groups in total. The minimum Gasteiger partial charge on any atom is -0.481 e. The Balaban J connectivity index is 2.65. The molecule has 0 aromatic carbocycles. The first-order valence-corrected chi connectivity index (χ1v) is 6.35. The van der Waals surface area contributed by atoms with Crippen LogP contribution in [0.25, 0.3) is 0 Å². The summed E-state index contributed by atoms with van der Waals surface area (Å²) in [5, 5.41) is 11.9. The molecule has 0 spiro atoms. The number of carbonyl (C=O) groups is 2. The highest BCUT2D eigenvalue weighted by molar-refractivity contribution is 5.97. The van der Waals surface area contributed by atoms with Crippen LogP contribution in [0.3, 0.4) is 0 Å². The lowest BCUT2D eigenvalue weighted by atomic mass is 9.80. The van der Waals surface area contributed by atoms with Crippen LogP contribution in [0.2, 0.25) is 0 Å². The summed E-state index contributed by atoms with van der Waals surface area (Å²) in [6.07, 6.45) is 0.692. The van der Waals surface area contributed by atoms with E-state index in [4.69, 9.17) is 9.47 Å². The van der Waals surface area contributed by atoms with E-state index in [-0.39, 0.29) is 6.54 Å². The van der Waals surface area contributed by atoms with Crippen molar-refractivity contribution >= 4 is 11.9 Å². The Morgan fingerprint density at radius 3 is 2.47 bits per heavy atom. The molecule has 1 rings (SSSR count). The lowest BCUT2D eigenvalue weighted by molar-refractivity contribution is -0.152. The Labute approximate surface area is 113 Å². The molecule has 1 heterocycles. The second-order valence-corrected chi connectivity index (χ2v) is 6.04. The van der Waals surface area contributed by atoms with Crippen LogP contribution in [0.4, 0.5) is 0 Å². The Morgan fingerprint density at radius 2 is 2.11 bits per heavy atom. The fraction of sp³-hybridized carbons (Fsp3) is 0.846. The van der Waals surface area contributed by atoms with Gasteiger partial charge in [-0.25, -0.2) is 0 Å². The SMILES string of the molecule is COC1(CNC(=O)C(C(=O)O)C(C)(C)C)CCOC1. The van der Waals surface area contributed by atoms with Crippen molar-refractivity contribution in [2.24, 2.45) is 11.3 Å². The van der Waals surface area contributed by atoms with Gasteiger partial charge >= 0.3 is 5.97 Å². The molecule has 1 fully saturated rings. The van der Waals surface area contributed by atoms with Crippen molar-refractivity contribution in [3.05, 3.63) is 0 Å². The molecule has 0 saturated carbocycles. The summed E-state index contributed by atoms with van der Waals surface area (Å²) in [6.45, 7) is 6.47. The van der Waals surface area contributed by atoms with Crippen molar-refractivity contribution in [3.8, 4) is 0 Å². The summed E-state index contributed by atoms with van der Waals surface area (Å²) >= 11 is 0. The van der Waals surface area contributed by atoms with Crippen molar-refractivity contribution in [1.29, 1.82) is 0 Å². The summed E-state index contributed by atoms with van der Waals surface area (Å²) in [5.74, 6) is -2.67. The molecule has 1 aliphatic heterocycles. The molecule has 0 aliphatic carbocycles. The van der Waals surface area contributed by atoms with E-state index in [1.165, 1.54) is 0 Å². The predicted octanol–water partition coefficient (Wildman–Crippen LogP) is 0.655. The maximum Gasteiger partial charge on any atom is 0.316 e. The monoisotopic (exact) mass is 273 g/mol. The smallest absolute Gasteiger partial charge is 0.316 e. The Kier molecular flexibility index (Phi) is 4.92. The highest BCUT2D eigenvalue weighted by Gasteiger charge is 2.40. The zero-order chi connectivity index (χ0) is 14.7. The molecule has 6 heteroatoms. The van der Waals surface area contributed by atoms with Gasteiger partial charge in [-0.05, 0) is 5.41 Å². The molecular formula is C13H23NO5. The molecule has 19 heavy (non-hydrogen) atoms. The molecule has 2 atom stereocenters. The van der Waals surface area contributed by atoms with Crippen LogP contribution in [0, 0.1) is 11.3 Å². The van der Waals surface area contributed by atoms with Crippen LogP contribution in [-0.2, 0) is 19.1 Å². The molecule has 0 aromatic rings. The molecule has 0 aromatic heterocycles. The van der Waals surface area contributed by atoms with Gasteiger partial charge in [0.2, 0.25) is 5.91 Å². The third kappa shape index (κ3) is 3.91. The number of carbonyl (C=O) groups excluding carboxylic acids is 1. The predicted molar refractivity (Wildman–Crippen MR) is 68.8 cm³/mol. The maximum absolute atomic E-state index is 12.1. The largest absolute Gasteiger partial charge is 0.481 e. The number of carboxylic acid groups (broad SMARTS) is 1. The molecule has 1 aliphatic rings. The molecule has 0 bridgehead atoms. The number of methoxy groups -OCH3 is 1. The number of aliphatic carboxylic acids is 1. The van der Waals surface area contributed by atoms with E-state index in [0.29, 0.717) is 19.6 Å². The van der Waals surface area contributed by atoms with E-state index >= 15 is 0 Å². The van der Waals surface area contributed by atoms with Gasteiger partial charge in [0.15, 0.2) is 0 Å². The van der Waals surface area contributed by atoms with Crippen LogP contribution in [0.1, 0.15) is 27.2 Å². The lowest BCUT2D eigenvalue weighted by Gasteiger charge is -2.29. The van der Waals surface area contributed by atoms with E-state index in [9.17, 15) is 14.7 Å². The number of nitrogens with one attached hydrogen (secondary N) is 1. The maximum atomic E-state index is 12.1. The van der Waals surface area contributed by atoms with Gasteiger partial charge in [0.25, 0.3) is 0 Å². The fourth-order valence-corrected chi connectivity index (χ4v) is 2.19. The van der Waals surface area contributed by atoms with Crippen molar-refractivity contribution in [3.63, 3.8) is 0 Å². The summed E-state index contributed by atoms with van der Waals surface area (Å²) < 4.78 is 10.7. The highest BCUT2D eigenvalue weighted by atomic mass is 16.5.